The van der Waals surface area contributed by atoms with Crippen LogP contribution < -0.4 is 25.4 Å². The molecule has 2 saturated heterocycles. The van der Waals surface area contributed by atoms with Crippen molar-refractivity contribution >= 4 is 40.6 Å². The van der Waals surface area contributed by atoms with E-state index in [0.29, 0.717) is 78.5 Å². The van der Waals surface area contributed by atoms with Gasteiger partial charge < -0.3 is 44.9 Å². The van der Waals surface area contributed by atoms with Gasteiger partial charge in [0.15, 0.2) is 5.82 Å². The number of morpholine rings is 1. The maximum Gasteiger partial charge on any atom is 0.408 e. The Hall–Kier alpha value is -5.16. The fourth-order valence-corrected chi connectivity index (χ4v) is 9.43. The number of carbonyl (C=O) groups excluding carboxylic acids is 3. The second-order valence-corrected chi connectivity index (χ2v) is 19.2. The average molecular weight is 859 g/mol. The summed E-state index contributed by atoms with van der Waals surface area (Å²) >= 11 is 0. The molecule has 8 atom stereocenters. The second kappa shape index (κ2) is 17.5. The van der Waals surface area contributed by atoms with Crippen molar-refractivity contribution in [2.45, 2.75) is 116 Å². The summed E-state index contributed by atoms with van der Waals surface area (Å²) in [5, 5.41) is 24.6. The van der Waals surface area contributed by atoms with E-state index in [2.05, 4.69) is 20.9 Å². The number of carbonyl (C=O) groups is 4. The van der Waals surface area contributed by atoms with Gasteiger partial charge in [-0.05, 0) is 74.8 Å². The van der Waals surface area contributed by atoms with E-state index in [1.165, 1.54) is 11.3 Å². The number of hydrogen-bond acceptors (Lipinski definition) is 12. The molecule has 4 N–H and O–H groups in total. The van der Waals surface area contributed by atoms with E-state index in [-0.39, 0.29) is 31.0 Å². The van der Waals surface area contributed by atoms with Crippen molar-refractivity contribution in [3.05, 3.63) is 36.5 Å². The highest BCUT2D eigenvalue weighted by Crippen LogP contribution is 2.52. The molecule has 4 heterocycles. The third kappa shape index (κ3) is 9.58. The average Bonchev–Trinajstić information content (AvgIpc) is 3.89. The van der Waals surface area contributed by atoms with Gasteiger partial charge in [-0.1, -0.05) is 34.1 Å². The predicted octanol–water partition coefficient (Wildman–Crippen LogP) is 4.61. The lowest BCUT2D eigenvalue weighted by atomic mass is 9.85. The summed E-state index contributed by atoms with van der Waals surface area (Å²) in [6.45, 7) is 15.9. The number of carboxylic acids is 1. The van der Waals surface area contributed by atoms with Gasteiger partial charge in [0.25, 0.3) is 0 Å². The van der Waals surface area contributed by atoms with E-state index in [0.717, 1.165) is 32.5 Å². The highest BCUT2D eigenvalue weighted by Gasteiger charge is 2.61. The van der Waals surface area contributed by atoms with Gasteiger partial charge in [0, 0.05) is 61.9 Å². The quantitative estimate of drug-likeness (QED) is 0.156. The van der Waals surface area contributed by atoms with Gasteiger partial charge in [0.05, 0.1) is 25.3 Å². The molecule has 2 aromatic heterocycles. The Morgan fingerprint density at radius 3 is 2.45 bits per heavy atom. The summed E-state index contributed by atoms with van der Waals surface area (Å²) < 4.78 is 25.9. The molecule has 1 aromatic carbocycles. The molecule has 4 unspecified atom stereocenters. The number of benzene rings is 1. The summed E-state index contributed by atoms with van der Waals surface area (Å²) in [7, 11) is 0. The van der Waals surface area contributed by atoms with Crippen LogP contribution in [0.15, 0.2) is 36.5 Å². The van der Waals surface area contributed by atoms with Crippen LogP contribution in [-0.4, -0.2) is 135 Å². The number of nitrogens with zero attached hydrogens (tertiary/aromatic N) is 5. The number of likely N-dealkylation sites (tertiary alicyclic amines) is 1. The Morgan fingerprint density at radius 1 is 1.02 bits per heavy atom. The zero-order chi connectivity index (χ0) is 43.9. The van der Waals surface area contributed by atoms with Gasteiger partial charge in [-0.15, -0.1) is 5.10 Å². The zero-order valence-electron chi connectivity index (χ0n) is 36.7. The number of alkyl carbamates (subject to hydrolysis) is 1. The Labute approximate surface area is 362 Å². The van der Waals surface area contributed by atoms with Gasteiger partial charge in [0.2, 0.25) is 11.8 Å². The zero-order valence-corrected chi connectivity index (χ0v) is 36.7. The lowest BCUT2D eigenvalue weighted by molar-refractivity contribution is -0.146. The van der Waals surface area contributed by atoms with Crippen molar-refractivity contribution < 1.29 is 43.2 Å². The summed E-state index contributed by atoms with van der Waals surface area (Å²) in [5.41, 5.74) is -1.59. The van der Waals surface area contributed by atoms with Crippen LogP contribution in [0.2, 0.25) is 0 Å². The number of rotatable bonds is 16. The molecule has 2 aliphatic heterocycles. The van der Waals surface area contributed by atoms with Crippen molar-refractivity contribution in [2.24, 2.45) is 23.2 Å². The highest BCUT2D eigenvalue weighted by molar-refractivity contribution is 5.96. The highest BCUT2D eigenvalue weighted by atomic mass is 16.6. The lowest BCUT2D eigenvalue weighted by Gasteiger charge is -2.35. The molecule has 5 aliphatic rings. The minimum absolute atomic E-state index is 0.00436. The van der Waals surface area contributed by atoms with E-state index in [1.54, 1.807) is 10.7 Å². The number of ether oxygens (including phenoxy) is 4. The third-order valence-electron chi connectivity index (χ3n) is 13.1. The van der Waals surface area contributed by atoms with Gasteiger partial charge in [-0.3, -0.25) is 14.5 Å². The first-order valence-corrected chi connectivity index (χ1v) is 22.3. The molecule has 17 heteroatoms. The van der Waals surface area contributed by atoms with Gasteiger partial charge in [-0.2, -0.15) is 0 Å². The summed E-state index contributed by atoms with van der Waals surface area (Å²) in [6, 6.07) is 7.28. The SMILES string of the molecule is CC[C@@H]1C[C@]1(NC(=O)C1CC(Oc2cc(-n3ccc(NC(C)C)n3)nc3cc(OCCN4CCOCC4)ccc23)CN1C(=O)[C@@H](NC(=O)OC1CC2C[C@H]2C1)C(C)(C)C)C(=O)O. The van der Waals surface area contributed by atoms with Crippen molar-refractivity contribution in [3.63, 3.8) is 0 Å². The van der Waals surface area contributed by atoms with Gasteiger partial charge in [0.1, 0.15) is 53.8 Å². The minimum atomic E-state index is -1.40. The van der Waals surface area contributed by atoms with Crippen molar-refractivity contribution in [2.75, 3.05) is 51.3 Å². The Morgan fingerprint density at radius 2 is 1.77 bits per heavy atom. The van der Waals surface area contributed by atoms with Crippen LogP contribution in [0.4, 0.5) is 10.6 Å². The van der Waals surface area contributed by atoms with E-state index < -0.39 is 53.0 Å². The number of aliphatic carboxylic acids is 1. The Balaban J connectivity index is 1.07. The number of aromatic nitrogens is 3. The number of amides is 3. The van der Waals surface area contributed by atoms with Crippen LogP contribution in [0.5, 0.6) is 11.5 Å². The molecule has 5 fully saturated rings. The maximum absolute atomic E-state index is 14.8. The van der Waals surface area contributed by atoms with E-state index in [4.69, 9.17) is 29.0 Å². The molecule has 17 nitrogen and oxygen atoms in total. The van der Waals surface area contributed by atoms with Crippen LogP contribution >= 0.6 is 0 Å². The summed E-state index contributed by atoms with van der Waals surface area (Å²) in [6.07, 6.45) is 4.04. The van der Waals surface area contributed by atoms with E-state index in [9.17, 15) is 24.3 Å². The molecular weight excluding hydrogens is 797 g/mol. The van der Waals surface area contributed by atoms with Gasteiger partial charge >= 0.3 is 12.1 Å². The molecular formula is C45H62N8O9. The van der Waals surface area contributed by atoms with E-state index in [1.807, 2.05) is 72.0 Å². The Kier molecular flexibility index (Phi) is 12.3. The molecule has 0 bridgehead atoms. The molecule has 3 saturated carbocycles. The van der Waals surface area contributed by atoms with Crippen LogP contribution in [0.1, 0.15) is 80.1 Å². The number of fused-ring (bicyclic) bond motifs is 2. The first kappa shape index (κ1) is 43.5. The molecule has 3 aliphatic carbocycles. The summed E-state index contributed by atoms with van der Waals surface area (Å²) in [5.74, 6) is 1.07. The molecule has 0 radical (unpaired) electrons. The molecule has 336 valence electrons. The number of nitrogens with one attached hydrogen (secondary N) is 3. The Bertz CT molecular complexity index is 2140. The molecule has 62 heavy (non-hydrogen) atoms. The topological polar surface area (TPSA) is 199 Å². The van der Waals surface area contributed by atoms with Crippen LogP contribution in [-0.2, 0) is 23.9 Å². The molecule has 3 amide bonds. The maximum atomic E-state index is 14.8. The van der Waals surface area contributed by atoms with Crippen LogP contribution in [0, 0.1) is 23.2 Å². The number of carboxylic acid groups (broad SMARTS) is 1. The second-order valence-electron chi connectivity index (χ2n) is 19.2. The van der Waals surface area contributed by atoms with E-state index >= 15 is 0 Å². The first-order chi connectivity index (χ1) is 29.6. The number of anilines is 1. The van der Waals surface area contributed by atoms with Crippen LogP contribution in [0.3, 0.4) is 0 Å². The standard InChI is InChI=1S/C45H62N8O9/c1-7-29-24-45(29,42(56)57)49-40(54)35-22-32(25-52(35)41(55)39(44(4,5)6)48-43(58)62-31-19-27-18-28(27)20-31)61-36-23-38(53-11-10-37(50-53)46-26(2)3)47-34-21-30(8-9-33(34)36)60-17-14-51-12-15-59-16-13-51/h8-11,21,23,26-29,31-32,35,39H,7,12-20,22,24-25H2,1-6H3,(H,46,50)(H,48,58)(H,49,54)(H,56,57)/t27-,28?,29+,31?,32?,35?,39+,45+/m0/s1. The fraction of sp³-hybridized carbons (Fsp3) is 0.644. The number of hydrogen-bond donors (Lipinski definition) is 4. The summed E-state index contributed by atoms with van der Waals surface area (Å²) in [4.78, 5) is 63.6. The largest absolute Gasteiger partial charge is 0.492 e. The van der Waals surface area contributed by atoms with Crippen molar-refractivity contribution in [1.29, 1.82) is 0 Å². The van der Waals surface area contributed by atoms with Crippen molar-refractivity contribution in [3.8, 4) is 17.3 Å². The third-order valence-corrected chi connectivity index (χ3v) is 13.1. The molecule has 3 aromatic rings. The van der Waals surface area contributed by atoms with Crippen molar-refractivity contribution in [1.82, 2.24) is 35.2 Å². The lowest BCUT2D eigenvalue weighted by Crippen LogP contribution is -2.59. The fourth-order valence-electron chi connectivity index (χ4n) is 9.43. The monoisotopic (exact) mass is 858 g/mol. The normalized spacial score (nSPS) is 27.4. The number of pyridine rings is 1. The predicted molar refractivity (Wildman–Crippen MR) is 229 cm³/mol. The first-order valence-electron chi connectivity index (χ1n) is 22.3. The minimum Gasteiger partial charge on any atom is -0.492 e. The van der Waals surface area contributed by atoms with Crippen LogP contribution in [0.25, 0.3) is 16.7 Å². The smallest absolute Gasteiger partial charge is 0.408 e. The molecule has 0 spiro atoms. The molecule has 8 rings (SSSR count). The van der Waals surface area contributed by atoms with Gasteiger partial charge in [-0.25, -0.2) is 19.3 Å².